The predicted octanol–water partition coefficient (Wildman–Crippen LogP) is 3.07. The van der Waals surface area contributed by atoms with E-state index in [1.54, 1.807) is 0 Å². The number of aromatic nitrogens is 3. The Morgan fingerprint density at radius 1 is 1.29 bits per heavy atom. The molecule has 1 amide bonds. The number of nitrogens with one attached hydrogen (secondary N) is 1. The molecule has 0 spiro atoms. The SMILES string of the molecule is CC(C)NC(=O)c1ccc2c(c1)nnn2C1CCCCC1. The van der Waals surface area contributed by atoms with E-state index in [1.165, 1.54) is 32.1 Å². The minimum absolute atomic E-state index is 0.0564. The van der Waals surface area contributed by atoms with Crippen molar-refractivity contribution in [3.05, 3.63) is 23.8 Å². The van der Waals surface area contributed by atoms with Gasteiger partial charge in [-0.15, -0.1) is 5.10 Å². The molecule has 0 saturated heterocycles. The normalized spacial score (nSPS) is 16.5. The number of rotatable bonds is 3. The largest absolute Gasteiger partial charge is 0.350 e. The van der Waals surface area contributed by atoms with Crippen molar-refractivity contribution in [2.24, 2.45) is 0 Å². The average molecular weight is 286 g/mol. The van der Waals surface area contributed by atoms with E-state index in [0.29, 0.717) is 11.6 Å². The molecule has 3 rings (SSSR count). The molecule has 0 aliphatic heterocycles. The molecule has 0 atom stereocenters. The number of fused-ring (bicyclic) bond motifs is 1. The lowest BCUT2D eigenvalue weighted by atomic mass is 9.95. The van der Waals surface area contributed by atoms with Gasteiger partial charge in [0.2, 0.25) is 0 Å². The fourth-order valence-corrected chi connectivity index (χ4v) is 3.02. The summed E-state index contributed by atoms with van der Waals surface area (Å²) in [6.45, 7) is 3.91. The Morgan fingerprint density at radius 2 is 2.05 bits per heavy atom. The summed E-state index contributed by atoms with van der Waals surface area (Å²) >= 11 is 0. The second kappa shape index (κ2) is 5.84. The number of benzene rings is 1. The molecule has 1 N–H and O–H groups in total. The van der Waals surface area contributed by atoms with Crippen LogP contribution < -0.4 is 5.32 Å². The summed E-state index contributed by atoms with van der Waals surface area (Å²) in [7, 11) is 0. The number of carbonyl (C=O) groups is 1. The maximum atomic E-state index is 12.0. The van der Waals surface area contributed by atoms with E-state index in [4.69, 9.17) is 0 Å². The highest BCUT2D eigenvalue weighted by Crippen LogP contribution is 2.29. The van der Waals surface area contributed by atoms with Crippen molar-refractivity contribution in [3.63, 3.8) is 0 Å². The topological polar surface area (TPSA) is 59.8 Å². The highest BCUT2D eigenvalue weighted by Gasteiger charge is 2.19. The summed E-state index contributed by atoms with van der Waals surface area (Å²) < 4.78 is 2.04. The summed E-state index contributed by atoms with van der Waals surface area (Å²) in [5, 5.41) is 11.5. The third-order valence-corrected chi connectivity index (χ3v) is 4.07. The summed E-state index contributed by atoms with van der Waals surface area (Å²) in [4.78, 5) is 12.0. The zero-order valence-corrected chi connectivity index (χ0v) is 12.7. The van der Waals surface area contributed by atoms with Crippen molar-refractivity contribution in [3.8, 4) is 0 Å². The molecule has 1 aliphatic carbocycles. The number of nitrogens with zero attached hydrogens (tertiary/aromatic N) is 3. The van der Waals surface area contributed by atoms with Gasteiger partial charge in [-0.1, -0.05) is 24.5 Å². The van der Waals surface area contributed by atoms with Crippen LogP contribution in [0.5, 0.6) is 0 Å². The molecular formula is C16H22N4O. The Morgan fingerprint density at radius 3 is 2.76 bits per heavy atom. The van der Waals surface area contributed by atoms with E-state index in [2.05, 4.69) is 15.6 Å². The number of amides is 1. The molecular weight excluding hydrogens is 264 g/mol. The Labute approximate surface area is 124 Å². The summed E-state index contributed by atoms with van der Waals surface area (Å²) in [5.41, 5.74) is 2.48. The molecule has 0 bridgehead atoms. The van der Waals surface area contributed by atoms with Crippen LogP contribution in [0.3, 0.4) is 0 Å². The van der Waals surface area contributed by atoms with E-state index in [0.717, 1.165) is 11.0 Å². The van der Waals surface area contributed by atoms with E-state index in [-0.39, 0.29) is 11.9 Å². The van der Waals surface area contributed by atoms with Crippen LogP contribution >= 0.6 is 0 Å². The molecule has 1 fully saturated rings. The van der Waals surface area contributed by atoms with Gasteiger partial charge in [0.05, 0.1) is 11.6 Å². The van der Waals surface area contributed by atoms with Crippen molar-refractivity contribution in [1.82, 2.24) is 20.3 Å². The Bertz CT molecular complexity index is 641. The van der Waals surface area contributed by atoms with E-state index in [1.807, 2.05) is 36.7 Å². The number of hydrogen-bond acceptors (Lipinski definition) is 3. The van der Waals surface area contributed by atoms with Gasteiger partial charge in [-0.25, -0.2) is 4.68 Å². The standard InChI is InChI=1S/C16H22N4O/c1-11(2)17-16(21)12-8-9-15-14(10-12)18-19-20(15)13-6-4-3-5-7-13/h8-11,13H,3-7H2,1-2H3,(H,17,21). The van der Waals surface area contributed by atoms with Crippen LogP contribution in [0.25, 0.3) is 11.0 Å². The lowest BCUT2D eigenvalue weighted by Crippen LogP contribution is -2.30. The van der Waals surface area contributed by atoms with Gasteiger partial charge in [-0.05, 0) is 44.9 Å². The van der Waals surface area contributed by atoms with Crippen molar-refractivity contribution in [2.75, 3.05) is 0 Å². The molecule has 1 heterocycles. The molecule has 5 nitrogen and oxygen atoms in total. The summed E-state index contributed by atoms with van der Waals surface area (Å²) in [5.74, 6) is -0.0564. The first-order valence-corrected chi connectivity index (χ1v) is 7.81. The fourth-order valence-electron chi connectivity index (χ4n) is 3.02. The Balaban J connectivity index is 1.88. The van der Waals surface area contributed by atoms with Gasteiger partial charge in [0.15, 0.2) is 0 Å². The Kier molecular flexibility index (Phi) is 3.90. The first kappa shape index (κ1) is 14.0. The maximum absolute atomic E-state index is 12.0. The number of hydrogen-bond donors (Lipinski definition) is 1. The predicted molar refractivity (Wildman–Crippen MR) is 82.3 cm³/mol. The van der Waals surface area contributed by atoms with E-state index >= 15 is 0 Å². The van der Waals surface area contributed by atoms with Gasteiger partial charge in [0.1, 0.15) is 5.52 Å². The van der Waals surface area contributed by atoms with Crippen LogP contribution in [0.1, 0.15) is 62.4 Å². The van der Waals surface area contributed by atoms with Crippen LogP contribution in [-0.4, -0.2) is 26.9 Å². The molecule has 1 aromatic carbocycles. The molecule has 2 aromatic rings. The van der Waals surface area contributed by atoms with Gasteiger partial charge >= 0.3 is 0 Å². The van der Waals surface area contributed by atoms with Gasteiger partial charge < -0.3 is 5.32 Å². The summed E-state index contributed by atoms with van der Waals surface area (Å²) in [6, 6.07) is 6.26. The van der Waals surface area contributed by atoms with Gasteiger partial charge in [0.25, 0.3) is 5.91 Å². The maximum Gasteiger partial charge on any atom is 0.251 e. The van der Waals surface area contributed by atoms with Crippen molar-refractivity contribution >= 4 is 16.9 Å². The lowest BCUT2D eigenvalue weighted by molar-refractivity contribution is 0.0943. The van der Waals surface area contributed by atoms with Crippen molar-refractivity contribution < 1.29 is 4.79 Å². The third-order valence-electron chi connectivity index (χ3n) is 4.07. The third kappa shape index (κ3) is 2.91. The lowest BCUT2D eigenvalue weighted by Gasteiger charge is -2.21. The smallest absolute Gasteiger partial charge is 0.251 e. The first-order valence-electron chi connectivity index (χ1n) is 7.81. The van der Waals surface area contributed by atoms with Crippen LogP contribution in [0.2, 0.25) is 0 Å². The second-order valence-electron chi connectivity index (χ2n) is 6.16. The molecule has 1 aromatic heterocycles. The van der Waals surface area contributed by atoms with Crippen molar-refractivity contribution in [1.29, 1.82) is 0 Å². The molecule has 0 radical (unpaired) electrons. The monoisotopic (exact) mass is 286 g/mol. The quantitative estimate of drug-likeness (QED) is 0.943. The zero-order chi connectivity index (χ0) is 14.8. The van der Waals surface area contributed by atoms with Crippen molar-refractivity contribution in [2.45, 2.75) is 58.0 Å². The van der Waals surface area contributed by atoms with Crippen LogP contribution in [0, 0.1) is 0 Å². The first-order chi connectivity index (χ1) is 10.1. The molecule has 1 aliphatic rings. The molecule has 0 unspecified atom stereocenters. The van der Waals surface area contributed by atoms with Crippen LogP contribution in [0.15, 0.2) is 18.2 Å². The summed E-state index contributed by atoms with van der Waals surface area (Å²) in [6.07, 6.45) is 6.20. The van der Waals surface area contributed by atoms with Gasteiger partial charge in [0, 0.05) is 11.6 Å². The minimum Gasteiger partial charge on any atom is -0.350 e. The van der Waals surface area contributed by atoms with E-state index in [9.17, 15) is 4.79 Å². The molecule has 5 heteroatoms. The second-order valence-corrected chi connectivity index (χ2v) is 6.16. The highest BCUT2D eigenvalue weighted by atomic mass is 16.1. The molecule has 1 saturated carbocycles. The van der Waals surface area contributed by atoms with Gasteiger partial charge in [-0.3, -0.25) is 4.79 Å². The minimum atomic E-state index is -0.0564. The van der Waals surface area contributed by atoms with E-state index < -0.39 is 0 Å². The highest BCUT2D eigenvalue weighted by molar-refractivity contribution is 5.97. The zero-order valence-electron chi connectivity index (χ0n) is 12.7. The average Bonchev–Trinajstić information content (AvgIpc) is 2.90. The van der Waals surface area contributed by atoms with Gasteiger partial charge in [-0.2, -0.15) is 0 Å². The Hall–Kier alpha value is -1.91. The number of carbonyl (C=O) groups excluding carboxylic acids is 1. The molecule has 112 valence electrons. The fraction of sp³-hybridized carbons (Fsp3) is 0.562. The van der Waals surface area contributed by atoms with Crippen LogP contribution in [0.4, 0.5) is 0 Å². The molecule has 21 heavy (non-hydrogen) atoms. The van der Waals surface area contributed by atoms with Crippen LogP contribution in [-0.2, 0) is 0 Å².